The zero-order valence-corrected chi connectivity index (χ0v) is 22.8. The molecule has 3 aromatic heterocycles. The standard InChI is InChI=1S/C30H29N7O4/c1-35(2)29(39)32-22-9-7-20(8-10-22)27-25(17-37(34-27)14-13-36(3)30(40)41)23-11-12-31-28-24(23)16-26(33-28)21-6-4-5-19(15-21)18-38/h4-12,15-18H,13-14H2,1-3H3,(H,31,33)(H,32,39)(H,40,41). The van der Waals surface area contributed by atoms with Crippen LogP contribution in [0.3, 0.4) is 0 Å². The molecule has 0 atom stereocenters. The number of aldehydes is 1. The number of nitrogens with one attached hydrogen (secondary N) is 2. The molecule has 11 nitrogen and oxygen atoms in total. The van der Waals surface area contributed by atoms with Crippen LogP contribution in [0.4, 0.5) is 15.3 Å². The Bertz CT molecular complexity index is 1740. The molecule has 3 amide bonds. The molecule has 0 fully saturated rings. The number of amides is 3. The van der Waals surface area contributed by atoms with Gasteiger partial charge in [0, 0.05) is 73.5 Å². The van der Waals surface area contributed by atoms with Crippen molar-refractivity contribution >= 4 is 35.1 Å². The Morgan fingerprint density at radius 2 is 1.80 bits per heavy atom. The minimum Gasteiger partial charge on any atom is -0.465 e. The second-order valence-corrected chi connectivity index (χ2v) is 9.81. The summed E-state index contributed by atoms with van der Waals surface area (Å²) in [6.07, 6.45) is 3.43. The minimum atomic E-state index is -1.01. The molecule has 3 N–H and O–H groups in total. The van der Waals surface area contributed by atoms with Gasteiger partial charge in [-0.2, -0.15) is 5.10 Å². The minimum absolute atomic E-state index is 0.230. The average molecular weight is 552 g/mol. The number of aromatic amines is 1. The highest BCUT2D eigenvalue weighted by molar-refractivity contribution is 5.99. The number of likely N-dealkylation sites (N-methyl/N-ethyl adjacent to an activating group) is 1. The van der Waals surface area contributed by atoms with Gasteiger partial charge in [-0.25, -0.2) is 14.6 Å². The molecule has 11 heteroatoms. The molecule has 208 valence electrons. The van der Waals surface area contributed by atoms with E-state index < -0.39 is 6.09 Å². The number of carbonyl (C=O) groups is 3. The third-order valence-electron chi connectivity index (χ3n) is 6.72. The van der Waals surface area contributed by atoms with Crippen LogP contribution in [-0.2, 0) is 6.54 Å². The first-order valence-electron chi connectivity index (χ1n) is 12.9. The maximum atomic E-state index is 12.1. The number of rotatable bonds is 8. The third-order valence-corrected chi connectivity index (χ3v) is 6.72. The summed E-state index contributed by atoms with van der Waals surface area (Å²) in [5.41, 5.74) is 6.85. The molecule has 0 aliphatic heterocycles. The molecule has 0 spiro atoms. The van der Waals surface area contributed by atoms with Gasteiger partial charge >= 0.3 is 12.1 Å². The summed E-state index contributed by atoms with van der Waals surface area (Å²) in [5, 5.41) is 17.8. The largest absolute Gasteiger partial charge is 0.465 e. The highest BCUT2D eigenvalue weighted by atomic mass is 16.4. The first-order valence-corrected chi connectivity index (χ1v) is 12.9. The van der Waals surface area contributed by atoms with Gasteiger partial charge in [0.1, 0.15) is 17.6 Å². The number of aromatic nitrogens is 4. The van der Waals surface area contributed by atoms with Gasteiger partial charge in [0.05, 0.1) is 6.54 Å². The lowest BCUT2D eigenvalue weighted by Crippen LogP contribution is -2.28. The van der Waals surface area contributed by atoms with Crippen LogP contribution < -0.4 is 5.32 Å². The quantitative estimate of drug-likeness (QED) is 0.225. The number of nitrogens with zero attached hydrogens (tertiary/aromatic N) is 5. The Kier molecular flexibility index (Phi) is 7.51. The SMILES string of the molecule is CN(C)C(=O)Nc1ccc(-c2nn(CCN(C)C(=O)O)cc2-c2ccnc3[nH]c(-c4cccc(C=O)c4)cc23)cc1. The molecule has 0 saturated carbocycles. The zero-order valence-electron chi connectivity index (χ0n) is 22.8. The van der Waals surface area contributed by atoms with Gasteiger partial charge in [-0.3, -0.25) is 9.48 Å². The number of H-pyrrole nitrogens is 1. The van der Waals surface area contributed by atoms with Crippen LogP contribution in [-0.4, -0.2) is 80.8 Å². The van der Waals surface area contributed by atoms with Crippen molar-refractivity contribution in [3.05, 3.63) is 78.6 Å². The van der Waals surface area contributed by atoms with Crippen LogP contribution >= 0.6 is 0 Å². The van der Waals surface area contributed by atoms with E-state index in [1.54, 1.807) is 31.0 Å². The second-order valence-electron chi connectivity index (χ2n) is 9.81. The van der Waals surface area contributed by atoms with Crippen molar-refractivity contribution in [2.24, 2.45) is 0 Å². The average Bonchev–Trinajstić information content (AvgIpc) is 3.61. The Balaban J connectivity index is 1.58. The van der Waals surface area contributed by atoms with Crippen LogP contribution in [0.25, 0.3) is 44.7 Å². The van der Waals surface area contributed by atoms with Crippen molar-refractivity contribution in [1.82, 2.24) is 29.5 Å². The molecule has 0 bridgehead atoms. The van der Waals surface area contributed by atoms with E-state index in [0.29, 0.717) is 29.1 Å². The van der Waals surface area contributed by atoms with Gasteiger partial charge in [0.25, 0.3) is 0 Å². The number of benzene rings is 2. The maximum Gasteiger partial charge on any atom is 0.407 e. The fourth-order valence-corrected chi connectivity index (χ4v) is 4.44. The highest BCUT2D eigenvalue weighted by Crippen LogP contribution is 2.37. The van der Waals surface area contributed by atoms with Gasteiger partial charge in [-0.05, 0) is 41.5 Å². The summed E-state index contributed by atoms with van der Waals surface area (Å²) in [7, 11) is 4.86. The second kappa shape index (κ2) is 11.3. The summed E-state index contributed by atoms with van der Waals surface area (Å²) in [6, 6.07) is 18.4. The van der Waals surface area contributed by atoms with Crippen molar-refractivity contribution < 1.29 is 19.5 Å². The smallest absolute Gasteiger partial charge is 0.407 e. The summed E-state index contributed by atoms with van der Waals surface area (Å²) in [4.78, 5) is 45.3. The molecular formula is C30H29N7O4. The number of pyridine rings is 1. The van der Waals surface area contributed by atoms with Gasteiger partial charge in [0.2, 0.25) is 0 Å². The summed E-state index contributed by atoms with van der Waals surface area (Å²) in [5.74, 6) is 0. The summed E-state index contributed by atoms with van der Waals surface area (Å²) in [6.45, 7) is 0.621. The third kappa shape index (κ3) is 5.78. The predicted octanol–water partition coefficient (Wildman–Crippen LogP) is 5.28. The molecule has 0 aliphatic rings. The van der Waals surface area contributed by atoms with E-state index in [1.165, 1.54) is 16.8 Å². The van der Waals surface area contributed by atoms with Crippen molar-refractivity contribution in [3.8, 4) is 33.6 Å². The highest BCUT2D eigenvalue weighted by Gasteiger charge is 2.18. The lowest BCUT2D eigenvalue weighted by Gasteiger charge is -2.12. The van der Waals surface area contributed by atoms with E-state index in [-0.39, 0.29) is 12.6 Å². The zero-order chi connectivity index (χ0) is 29.1. The molecule has 2 aromatic carbocycles. The summed E-state index contributed by atoms with van der Waals surface area (Å²) < 4.78 is 1.74. The molecular weight excluding hydrogens is 522 g/mol. The van der Waals surface area contributed by atoms with E-state index in [9.17, 15) is 19.5 Å². The number of carboxylic acid groups (broad SMARTS) is 1. The van der Waals surface area contributed by atoms with E-state index >= 15 is 0 Å². The Morgan fingerprint density at radius 3 is 2.51 bits per heavy atom. The van der Waals surface area contributed by atoms with Crippen LogP contribution in [0, 0.1) is 0 Å². The molecule has 0 saturated heterocycles. The molecule has 41 heavy (non-hydrogen) atoms. The molecule has 0 radical (unpaired) electrons. The van der Waals surface area contributed by atoms with Crippen LogP contribution in [0.2, 0.25) is 0 Å². The molecule has 5 rings (SSSR count). The monoisotopic (exact) mass is 551 g/mol. The van der Waals surface area contributed by atoms with Crippen molar-refractivity contribution in [1.29, 1.82) is 0 Å². The molecule has 0 aliphatic carbocycles. The Labute approximate surface area is 236 Å². The van der Waals surface area contributed by atoms with E-state index in [2.05, 4.69) is 15.3 Å². The molecule has 3 heterocycles. The summed E-state index contributed by atoms with van der Waals surface area (Å²) >= 11 is 0. The van der Waals surface area contributed by atoms with E-state index in [4.69, 9.17) is 5.10 Å². The van der Waals surface area contributed by atoms with Crippen molar-refractivity contribution in [3.63, 3.8) is 0 Å². The number of fused-ring (bicyclic) bond motifs is 1. The normalized spacial score (nSPS) is 10.9. The number of anilines is 1. The predicted molar refractivity (Wildman–Crippen MR) is 157 cm³/mol. The van der Waals surface area contributed by atoms with Crippen LogP contribution in [0.5, 0.6) is 0 Å². The number of urea groups is 1. The maximum absolute atomic E-state index is 12.1. The van der Waals surface area contributed by atoms with Gasteiger partial charge in [-0.1, -0.05) is 30.3 Å². The van der Waals surface area contributed by atoms with E-state index in [1.807, 2.05) is 60.8 Å². The number of hydrogen-bond acceptors (Lipinski definition) is 5. The molecule has 0 unspecified atom stereocenters. The van der Waals surface area contributed by atoms with Gasteiger partial charge in [0.15, 0.2) is 0 Å². The first kappa shape index (κ1) is 27.1. The fourth-order valence-electron chi connectivity index (χ4n) is 4.44. The first-order chi connectivity index (χ1) is 19.7. The fraction of sp³-hybridized carbons (Fsp3) is 0.167. The van der Waals surface area contributed by atoms with Crippen molar-refractivity contribution in [2.45, 2.75) is 6.54 Å². The number of carbonyl (C=O) groups excluding carboxylic acids is 2. The van der Waals surface area contributed by atoms with Crippen LogP contribution in [0.15, 0.2) is 73.1 Å². The van der Waals surface area contributed by atoms with Crippen LogP contribution in [0.1, 0.15) is 10.4 Å². The topological polar surface area (TPSA) is 136 Å². The van der Waals surface area contributed by atoms with Gasteiger partial charge in [-0.15, -0.1) is 0 Å². The molecule has 5 aromatic rings. The Hall–Kier alpha value is -5.45. The van der Waals surface area contributed by atoms with Crippen molar-refractivity contribution in [2.75, 3.05) is 33.0 Å². The van der Waals surface area contributed by atoms with Gasteiger partial charge < -0.3 is 25.2 Å². The number of hydrogen-bond donors (Lipinski definition) is 3. The van der Waals surface area contributed by atoms with E-state index in [0.717, 1.165) is 39.6 Å². The lowest BCUT2D eigenvalue weighted by molar-refractivity contribution is 0.112. The Morgan fingerprint density at radius 1 is 1.02 bits per heavy atom. The lowest BCUT2D eigenvalue weighted by atomic mass is 10.00.